The van der Waals surface area contributed by atoms with E-state index in [0.717, 1.165) is 11.3 Å². The van der Waals surface area contributed by atoms with Crippen LogP contribution in [0.5, 0.6) is 0 Å². The number of carboxylic acid groups (broad SMARTS) is 1. The molecule has 0 aliphatic carbocycles. The molecule has 2 N–H and O–H groups in total. The van der Waals surface area contributed by atoms with Crippen LogP contribution in [0.2, 0.25) is 0 Å². The third-order valence-electron chi connectivity index (χ3n) is 1.57. The highest BCUT2D eigenvalue weighted by atomic mass is 16.4. The molecule has 0 fully saturated rings. The van der Waals surface area contributed by atoms with Gasteiger partial charge < -0.3 is 10.4 Å². The highest BCUT2D eigenvalue weighted by Gasteiger charge is 1.99. The standard InChI is InChI=1S/C9H11NO2/c1-10-8-4-2-3-7(5-8)6-9(11)12/h2-5,10H,6H2,1H3,(H,11,12). The lowest BCUT2D eigenvalue weighted by atomic mass is 10.1. The number of aliphatic carboxylic acids is 1. The van der Waals surface area contributed by atoms with E-state index in [-0.39, 0.29) is 6.42 Å². The second-order valence-corrected chi connectivity index (χ2v) is 2.52. The maximum absolute atomic E-state index is 10.3. The third-order valence-corrected chi connectivity index (χ3v) is 1.57. The molecule has 1 aromatic carbocycles. The molecule has 0 spiro atoms. The molecule has 0 atom stereocenters. The van der Waals surface area contributed by atoms with Gasteiger partial charge in [0.25, 0.3) is 0 Å². The van der Waals surface area contributed by atoms with Crippen molar-refractivity contribution in [1.82, 2.24) is 0 Å². The average Bonchev–Trinajstić information content (AvgIpc) is 2.03. The van der Waals surface area contributed by atoms with Crippen LogP contribution in [0.1, 0.15) is 5.56 Å². The molecular weight excluding hydrogens is 154 g/mol. The molecule has 12 heavy (non-hydrogen) atoms. The summed E-state index contributed by atoms with van der Waals surface area (Å²) in [5.41, 5.74) is 1.75. The van der Waals surface area contributed by atoms with Gasteiger partial charge in [-0.15, -0.1) is 0 Å². The van der Waals surface area contributed by atoms with Crippen molar-refractivity contribution >= 4 is 11.7 Å². The first-order valence-electron chi connectivity index (χ1n) is 3.71. The summed E-state index contributed by atoms with van der Waals surface area (Å²) in [6, 6.07) is 7.36. The summed E-state index contributed by atoms with van der Waals surface area (Å²) in [6.07, 6.45) is 0.0789. The monoisotopic (exact) mass is 165 g/mol. The van der Waals surface area contributed by atoms with Crippen LogP contribution in [0.4, 0.5) is 5.69 Å². The van der Waals surface area contributed by atoms with Crippen LogP contribution < -0.4 is 5.32 Å². The van der Waals surface area contributed by atoms with Crippen molar-refractivity contribution in [3.05, 3.63) is 29.8 Å². The van der Waals surface area contributed by atoms with Gasteiger partial charge in [-0.3, -0.25) is 4.79 Å². The van der Waals surface area contributed by atoms with Crippen molar-refractivity contribution in [2.45, 2.75) is 6.42 Å². The Hall–Kier alpha value is -1.51. The Morgan fingerprint density at radius 1 is 1.58 bits per heavy atom. The van der Waals surface area contributed by atoms with E-state index in [0.29, 0.717) is 0 Å². The summed E-state index contributed by atoms with van der Waals surface area (Å²) < 4.78 is 0. The maximum Gasteiger partial charge on any atom is 0.307 e. The fourth-order valence-corrected chi connectivity index (χ4v) is 1.01. The number of hydrogen-bond acceptors (Lipinski definition) is 2. The van der Waals surface area contributed by atoms with Crippen LogP contribution >= 0.6 is 0 Å². The molecular formula is C9H11NO2. The lowest BCUT2D eigenvalue weighted by Gasteiger charge is -2.01. The van der Waals surface area contributed by atoms with Gasteiger partial charge in [0.1, 0.15) is 0 Å². The predicted molar refractivity (Wildman–Crippen MR) is 47.3 cm³/mol. The molecule has 0 heterocycles. The lowest BCUT2D eigenvalue weighted by molar-refractivity contribution is -0.136. The topological polar surface area (TPSA) is 49.3 Å². The zero-order chi connectivity index (χ0) is 8.97. The quantitative estimate of drug-likeness (QED) is 0.710. The highest BCUT2D eigenvalue weighted by molar-refractivity contribution is 5.70. The lowest BCUT2D eigenvalue weighted by Crippen LogP contribution is -2.00. The van der Waals surface area contributed by atoms with Crippen LogP contribution in [0, 0.1) is 0 Å². The molecule has 1 rings (SSSR count). The van der Waals surface area contributed by atoms with Crippen molar-refractivity contribution in [3.63, 3.8) is 0 Å². The first kappa shape index (κ1) is 8.59. The Bertz CT molecular complexity index is 284. The van der Waals surface area contributed by atoms with Crippen LogP contribution in [0.15, 0.2) is 24.3 Å². The number of benzene rings is 1. The van der Waals surface area contributed by atoms with Gasteiger partial charge in [-0.2, -0.15) is 0 Å². The first-order chi connectivity index (χ1) is 5.72. The number of nitrogens with one attached hydrogen (secondary N) is 1. The maximum atomic E-state index is 10.3. The Balaban J connectivity index is 2.79. The molecule has 0 saturated heterocycles. The van der Waals surface area contributed by atoms with Gasteiger partial charge in [-0.25, -0.2) is 0 Å². The minimum absolute atomic E-state index is 0.0789. The van der Waals surface area contributed by atoms with Crippen molar-refractivity contribution in [2.24, 2.45) is 0 Å². The van der Waals surface area contributed by atoms with Crippen molar-refractivity contribution in [1.29, 1.82) is 0 Å². The Kier molecular flexibility index (Phi) is 2.69. The molecule has 64 valence electrons. The summed E-state index contributed by atoms with van der Waals surface area (Å²) in [5, 5.41) is 11.5. The van der Waals surface area contributed by atoms with Gasteiger partial charge in [0, 0.05) is 12.7 Å². The SMILES string of the molecule is CNc1cccc(CC(=O)O)c1. The van der Waals surface area contributed by atoms with E-state index in [9.17, 15) is 4.79 Å². The van der Waals surface area contributed by atoms with Gasteiger partial charge in [-0.1, -0.05) is 12.1 Å². The Labute approximate surface area is 71.0 Å². The molecule has 0 aliphatic rings. The van der Waals surface area contributed by atoms with Crippen LogP contribution in [-0.4, -0.2) is 18.1 Å². The zero-order valence-corrected chi connectivity index (χ0v) is 6.87. The number of anilines is 1. The van der Waals surface area contributed by atoms with Crippen molar-refractivity contribution in [2.75, 3.05) is 12.4 Å². The minimum Gasteiger partial charge on any atom is -0.481 e. The van der Waals surface area contributed by atoms with E-state index in [1.807, 2.05) is 18.2 Å². The molecule has 0 amide bonds. The molecule has 0 bridgehead atoms. The molecule has 0 aliphatic heterocycles. The van der Waals surface area contributed by atoms with Gasteiger partial charge in [-0.05, 0) is 17.7 Å². The number of carboxylic acids is 1. The van der Waals surface area contributed by atoms with E-state index in [2.05, 4.69) is 5.32 Å². The molecule has 0 radical (unpaired) electrons. The van der Waals surface area contributed by atoms with E-state index in [1.165, 1.54) is 0 Å². The van der Waals surface area contributed by atoms with Gasteiger partial charge in [0.2, 0.25) is 0 Å². The minimum atomic E-state index is -0.803. The summed E-state index contributed by atoms with van der Waals surface area (Å²) >= 11 is 0. The fraction of sp³-hybridized carbons (Fsp3) is 0.222. The van der Waals surface area contributed by atoms with Gasteiger partial charge in [0.15, 0.2) is 0 Å². The van der Waals surface area contributed by atoms with E-state index < -0.39 is 5.97 Å². The zero-order valence-electron chi connectivity index (χ0n) is 6.87. The Morgan fingerprint density at radius 2 is 2.33 bits per heavy atom. The van der Waals surface area contributed by atoms with E-state index in [4.69, 9.17) is 5.11 Å². The average molecular weight is 165 g/mol. The predicted octanol–water partition coefficient (Wildman–Crippen LogP) is 1.36. The smallest absolute Gasteiger partial charge is 0.307 e. The third kappa shape index (κ3) is 2.27. The van der Waals surface area contributed by atoms with E-state index in [1.54, 1.807) is 13.1 Å². The van der Waals surface area contributed by atoms with Crippen LogP contribution in [0.25, 0.3) is 0 Å². The second-order valence-electron chi connectivity index (χ2n) is 2.52. The van der Waals surface area contributed by atoms with Crippen LogP contribution in [0.3, 0.4) is 0 Å². The van der Waals surface area contributed by atoms with E-state index >= 15 is 0 Å². The number of carbonyl (C=O) groups is 1. The normalized spacial score (nSPS) is 9.42. The van der Waals surface area contributed by atoms with Gasteiger partial charge >= 0.3 is 5.97 Å². The van der Waals surface area contributed by atoms with Crippen molar-refractivity contribution < 1.29 is 9.90 Å². The molecule has 3 nitrogen and oxygen atoms in total. The summed E-state index contributed by atoms with van der Waals surface area (Å²) in [4.78, 5) is 10.3. The molecule has 3 heteroatoms. The Morgan fingerprint density at radius 3 is 2.92 bits per heavy atom. The second kappa shape index (κ2) is 3.76. The summed E-state index contributed by atoms with van der Waals surface area (Å²) in [5.74, 6) is -0.803. The van der Waals surface area contributed by atoms with Crippen LogP contribution in [-0.2, 0) is 11.2 Å². The largest absolute Gasteiger partial charge is 0.481 e. The molecule has 0 saturated carbocycles. The molecule has 1 aromatic rings. The van der Waals surface area contributed by atoms with Crippen molar-refractivity contribution in [3.8, 4) is 0 Å². The first-order valence-corrected chi connectivity index (χ1v) is 3.71. The number of hydrogen-bond donors (Lipinski definition) is 2. The molecule has 0 aromatic heterocycles. The number of rotatable bonds is 3. The summed E-state index contributed by atoms with van der Waals surface area (Å²) in [7, 11) is 1.81. The molecule has 0 unspecified atom stereocenters. The summed E-state index contributed by atoms with van der Waals surface area (Å²) in [6.45, 7) is 0. The highest BCUT2D eigenvalue weighted by Crippen LogP contribution is 2.09. The fourth-order valence-electron chi connectivity index (χ4n) is 1.01. The van der Waals surface area contributed by atoms with Gasteiger partial charge in [0.05, 0.1) is 6.42 Å².